The number of alkyl halides is 1. The summed E-state index contributed by atoms with van der Waals surface area (Å²) in [6.07, 6.45) is 1.83. The summed E-state index contributed by atoms with van der Waals surface area (Å²) >= 11 is 3.38. The van der Waals surface area contributed by atoms with Crippen molar-refractivity contribution in [2.75, 3.05) is 18.4 Å². The van der Waals surface area contributed by atoms with E-state index in [1.807, 2.05) is 0 Å². The fourth-order valence-electron chi connectivity index (χ4n) is 2.16. The van der Waals surface area contributed by atoms with Crippen molar-refractivity contribution < 1.29 is 12.8 Å². The minimum atomic E-state index is -3.70. The Hall–Kier alpha value is -0.460. The van der Waals surface area contributed by atoms with Crippen LogP contribution in [0.4, 0.5) is 4.39 Å². The van der Waals surface area contributed by atoms with Crippen molar-refractivity contribution in [1.29, 1.82) is 0 Å². The molecule has 0 amide bonds. The van der Waals surface area contributed by atoms with Crippen LogP contribution in [-0.4, -0.2) is 31.1 Å². The van der Waals surface area contributed by atoms with Gasteiger partial charge >= 0.3 is 0 Å². The zero-order valence-electron chi connectivity index (χ0n) is 9.85. The van der Waals surface area contributed by atoms with E-state index in [2.05, 4.69) is 15.9 Å². The molecule has 1 aliphatic rings. The smallest absolute Gasteiger partial charge is 0.207 e. The lowest BCUT2D eigenvalue weighted by Gasteiger charge is -2.31. The highest BCUT2D eigenvalue weighted by atomic mass is 79.9. The highest BCUT2D eigenvalue weighted by Crippen LogP contribution is 2.25. The van der Waals surface area contributed by atoms with Crippen molar-refractivity contribution in [3.05, 3.63) is 30.1 Å². The highest BCUT2D eigenvalue weighted by molar-refractivity contribution is 9.09. The van der Waals surface area contributed by atoms with Gasteiger partial charge in [-0.2, -0.15) is 4.31 Å². The fourth-order valence-corrected chi connectivity index (χ4v) is 4.31. The molecule has 1 aromatic carbocycles. The summed E-state index contributed by atoms with van der Waals surface area (Å²) in [5.74, 6) is -0.376. The van der Waals surface area contributed by atoms with E-state index >= 15 is 0 Å². The zero-order chi connectivity index (χ0) is 13.2. The number of hydrogen-bond donors (Lipinski definition) is 0. The van der Waals surface area contributed by atoms with Crippen LogP contribution >= 0.6 is 15.9 Å². The van der Waals surface area contributed by atoms with E-state index in [4.69, 9.17) is 0 Å². The predicted octanol–water partition coefficient (Wildman–Crippen LogP) is 2.62. The van der Waals surface area contributed by atoms with Crippen molar-refractivity contribution in [3.63, 3.8) is 0 Å². The molecule has 1 fully saturated rings. The second kappa shape index (κ2) is 5.67. The average molecular weight is 336 g/mol. The predicted molar refractivity (Wildman–Crippen MR) is 71.7 cm³/mol. The Bertz CT molecular complexity index is 521. The fraction of sp³-hybridized carbons (Fsp3) is 0.500. The van der Waals surface area contributed by atoms with Gasteiger partial charge in [0.05, 0.1) is 0 Å². The maximum Gasteiger partial charge on any atom is 0.245 e. The highest BCUT2D eigenvalue weighted by Gasteiger charge is 2.31. The quantitative estimate of drug-likeness (QED) is 0.796. The molecule has 0 aliphatic carbocycles. The summed E-state index contributed by atoms with van der Waals surface area (Å²) in [4.78, 5) is -0.222. The van der Waals surface area contributed by atoms with Crippen LogP contribution in [-0.2, 0) is 10.0 Å². The number of halogens is 2. The molecule has 6 heteroatoms. The molecule has 100 valence electrons. The van der Waals surface area contributed by atoms with E-state index in [1.54, 1.807) is 6.07 Å². The van der Waals surface area contributed by atoms with Gasteiger partial charge in [0, 0.05) is 18.4 Å². The summed E-state index contributed by atoms with van der Waals surface area (Å²) in [6, 6.07) is 5.54. The number of rotatable bonds is 3. The van der Waals surface area contributed by atoms with Gasteiger partial charge in [-0.3, -0.25) is 0 Å². The summed E-state index contributed by atoms with van der Waals surface area (Å²) in [7, 11) is -3.70. The van der Waals surface area contributed by atoms with Gasteiger partial charge in [0.1, 0.15) is 10.7 Å². The van der Waals surface area contributed by atoms with Gasteiger partial charge in [-0.05, 0) is 30.9 Å². The van der Waals surface area contributed by atoms with Crippen LogP contribution < -0.4 is 0 Å². The van der Waals surface area contributed by atoms with Crippen molar-refractivity contribution in [2.24, 2.45) is 5.92 Å². The molecule has 1 unspecified atom stereocenters. The first-order valence-electron chi connectivity index (χ1n) is 5.86. The van der Waals surface area contributed by atoms with Crippen molar-refractivity contribution in [1.82, 2.24) is 4.31 Å². The third kappa shape index (κ3) is 2.75. The number of benzene rings is 1. The normalized spacial score (nSPS) is 22.0. The monoisotopic (exact) mass is 335 g/mol. The van der Waals surface area contributed by atoms with Crippen LogP contribution in [0.1, 0.15) is 12.8 Å². The van der Waals surface area contributed by atoms with Crippen molar-refractivity contribution in [3.8, 4) is 0 Å². The summed E-state index contributed by atoms with van der Waals surface area (Å²) in [5, 5.41) is 0.774. The van der Waals surface area contributed by atoms with Gasteiger partial charge in [0.25, 0.3) is 0 Å². The molecular weight excluding hydrogens is 321 g/mol. The molecule has 3 nitrogen and oxygen atoms in total. The Balaban J connectivity index is 2.29. The standard InChI is InChI=1S/C12H15BrFNO2S/c13-8-10-4-3-7-15(9-10)18(16,17)12-6-2-1-5-11(12)14/h1-2,5-6,10H,3-4,7-9H2. The summed E-state index contributed by atoms with van der Waals surface area (Å²) < 4.78 is 39.7. The van der Waals surface area contributed by atoms with E-state index in [1.165, 1.54) is 22.5 Å². The lowest BCUT2D eigenvalue weighted by Crippen LogP contribution is -2.40. The molecule has 18 heavy (non-hydrogen) atoms. The number of piperidine rings is 1. The maximum atomic E-state index is 13.6. The minimum absolute atomic E-state index is 0.222. The van der Waals surface area contributed by atoms with E-state index in [0.29, 0.717) is 19.0 Å². The molecule has 0 aromatic heterocycles. The van der Waals surface area contributed by atoms with Gasteiger partial charge in [-0.1, -0.05) is 28.1 Å². The molecule has 0 saturated carbocycles. The Kier molecular flexibility index (Phi) is 4.40. The Morgan fingerprint density at radius 1 is 1.39 bits per heavy atom. The first-order valence-corrected chi connectivity index (χ1v) is 8.42. The third-order valence-corrected chi connectivity index (χ3v) is 5.97. The first kappa shape index (κ1) is 14.0. The SMILES string of the molecule is O=S(=O)(c1ccccc1F)N1CCCC(CBr)C1. The molecule has 1 heterocycles. The van der Waals surface area contributed by atoms with Crippen molar-refractivity contribution in [2.45, 2.75) is 17.7 Å². The van der Waals surface area contributed by atoms with Crippen LogP contribution in [0.5, 0.6) is 0 Å². The molecule has 1 atom stereocenters. The first-order chi connectivity index (χ1) is 8.55. The van der Waals surface area contributed by atoms with Crippen LogP contribution in [0.2, 0.25) is 0 Å². The molecule has 2 rings (SSSR count). The average Bonchev–Trinajstić information content (AvgIpc) is 2.39. The molecule has 0 radical (unpaired) electrons. The lowest BCUT2D eigenvalue weighted by atomic mass is 10.0. The molecule has 0 N–H and O–H groups in total. The number of hydrogen-bond acceptors (Lipinski definition) is 2. The summed E-state index contributed by atoms with van der Waals surface area (Å²) in [6.45, 7) is 0.933. The minimum Gasteiger partial charge on any atom is -0.207 e. The van der Waals surface area contributed by atoms with E-state index in [0.717, 1.165) is 18.2 Å². The van der Waals surface area contributed by atoms with Crippen LogP contribution in [0, 0.1) is 11.7 Å². The number of nitrogens with zero attached hydrogens (tertiary/aromatic N) is 1. The Labute approximate surface area is 115 Å². The number of sulfonamides is 1. The van der Waals surface area contributed by atoms with Gasteiger partial charge in [0.15, 0.2) is 0 Å². The van der Waals surface area contributed by atoms with Crippen LogP contribution in [0.15, 0.2) is 29.2 Å². The molecule has 0 spiro atoms. The maximum absolute atomic E-state index is 13.6. The second-order valence-electron chi connectivity index (χ2n) is 4.46. The molecular formula is C12H15BrFNO2S. The van der Waals surface area contributed by atoms with Crippen LogP contribution in [0.3, 0.4) is 0 Å². The van der Waals surface area contributed by atoms with Gasteiger partial charge in [-0.25, -0.2) is 12.8 Å². The Morgan fingerprint density at radius 3 is 2.78 bits per heavy atom. The third-order valence-electron chi connectivity index (χ3n) is 3.15. The molecule has 0 bridgehead atoms. The Morgan fingerprint density at radius 2 is 2.11 bits per heavy atom. The van der Waals surface area contributed by atoms with E-state index < -0.39 is 15.8 Å². The van der Waals surface area contributed by atoms with E-state index in [9.17, 15) is 12.8 Å². The zero-order valence-corrected chi connectivity index (χ0v) is 12.3. The topological polar surface area (TPSA) is 37.4 Å². The van der Waals surface area contributed by atoms with Gasteiger partial charge in [-0.15, -0.1) is 0 Å². The van der Waals surface area contributed by atoms with E-state index in [-0.39, 0.29) is 4.90 Å². The lowest BCUT2D eigenvalue weighted by molar-refractivity contribution is 0.284. The molecule has 1 aromatic rings. The van der Waals surface area contributed by atoms with Crippen molar-refractivity contribution >= 4 is 26.0 Å². The van der Waals surface area contributed by atoms with Crippen LogP contribution in [0.25, 0.3) is 0 Å². The second-order valence-corrected chi connectivity index (χ2v) is 7.01. The summed E-state index contributed by atoms with van der Waals surface area (Å²) in [5.41, 5.74) is 0. The van der Waals surface area contributed by atoms with Gasteiger partial charge in [0.2, 0.25) is 10.0 Å². The largest absolute Gasteiger partial charge is 0.245 e. The van der Waals surface area contributed by atoms with Gasteiger partial charge < -0.3 is 0 Å². The molecule has 1 aliphatic heterocycles. The molecule has 1 saturated heterocycles.